The second kappa shape index (κ2) is 7.42. The van der Waals surface area contributed by atoms with Crippen molar-refractivity contribution < 1.29 is 9.53 Å². The third kappa shape index (κ3) is 4.31. The number of carbonyl (C=O) groups is 1. The van der Waals surface area contributed by atoms with E-state index in [1.54, 1.807) is 22.7 Å². The normalized spacial score (nSPS) is 15.2. The van der Waals surface area contributed by atoms with Gasteiger partial charge in [0.15, 0.2) is 5.13 Å². The number of thiazole rings is 1. The zero-order chi connectivity index (χ0) is 16.2. The Hall–Kier alpha value is -1.44. The number of amides is 1. The van der Waals surface area contributed by atoms with E-state index in [4.69, 9.17) is 4.74 Å². The number of anilines is 1. The highest BCUT2D eigenvalue weighted by molar-refractivity contribution is 7.17. The maximum absolute atomic E-state index is 12.3. The summed E-state index contributed by atoms with van der Waals surface area (Å²) in [4.78, 5) is 21.0. The van der Waals surface area contributed by atoms with E-state index >= 15 is 0 Å². The van der Waals surface area contributed by atoms with Crippen LogP contribution in [0.25, 0.3) is 10.6 Å². The molecular weight excluding hydrogens is 330 g/mol. The molecule has 1 N–H and O–H groups in total. The van der Waals surface area contributed by atoms with Crippen molar-refractivity contribution in [3.8, 4) is 10.6 Å². The number of thiophene rings is 1. The third-order valence-electron chi connectivity index (χ3n) is 3.52. The molecule has 0 aliphatic carbocycles. The average molecular weight is 351 g/mol. The van der Waals surface area contributed by atoms with E-state index < -0.39 is 0 Å². The lowest BCUT2D eigenvalue weighted by atomic mass is 10.3. The zero-order valence-electron chi connectivity index (χ0n) is 13.4. The van der Waals surface area contributed by atoms with Crippen molar-refractivity contribution in [3.63, 3.8) is 0 Å². The predicted octanol–water partition coefficient (Wildman–Crippen LogP) is 3.09. The second-order valence-electron chi connectivity index (χ2n) is 5.77. The summed E-state index contributed by atoms with van der Waals surface area (Å²) in [6.07, 6.45) is 0.464. The van der Waals surface area contributed by atoms with Crippen LogP contribution in [0.5, 0.6) is 0 Å². The van der Waals surface area contributed by atoms with Gasteiger partial charge in [-0.1, -0.05) is 0 Å². The Morgan fingerprint density at radius 3 is 2.91 bits per heavy atom. The van der Waals surface area contributed by atoms with Crippen LogP contribution in [-0.2, 0) is 16.0 Å². The van der Waals surface area contributed by atoms with Crippen LogP contribution in [0.1, 0.15) is 18.7 Å². The largest absolute Gasteiger partial charge is 0.378 e. The fourth-order valence-electron chi connectivity index (χ4n) is 2.38. The molecular formula is C16H21N3O2S2. The highest BCUT2D eigenvalue weighted by atomic mass is 32.1. The Kier molecular flexibility index (Phi) is 5.30. The van der Waals surface area contributed by atoms with Crippen LogP contribution in [0.15, 0.2) is 17.5 Å². The summed E-state index contributed by atoms with van der Waals surface area (Å²) in [5.41, 5.74) is 0.980. The lowest BCUT2D eigenvalue weighted by Gasteiger charge is -2.26. The van der Waals surface area contributed by atoms with Crippen LogP contribution in [0.4, 0.5) is 5.13 Å². The predicted molar refractivity (Wildman–Crippen MR) is 95.3 cm³/mol. The zero-order valence-corrected chi connectivity index (χ0v) is 15.0. The highest BCUT2D eigenvalue weighted by Gasteiger charge is 2.18. The van der Waals surface area contributed by atoms with Crippen LogP contribution in [0.3, 0.4) is 0 Å². The first-order chi connectivity index (χ1) is 11.1. The lowest BCUT2D eigenvalue weighted by molar-refractivity contribution is -0.134. The molecule has 1 amide bonds. The molecule has 7 heteroatoms. The van der Waals surface area contributed by atoms with Gasteiger partial charge in [0.05, 0.1) is 30.2 Å². The van der Waals surface area contributed by atoms with Gasteiger partial charge in [-0.2, -0.15) is 0 Å². The molecule has 0 bridgehead atoms. The molecule has 1 fully saturated rings. The molecule has 3 heterocycles. The Morgan fingerprint density at radius 2 is 2.17 bits per heavy atom. The third-order valence-corrected chi connectivity index (χ3v) is 5.40. The molecule has 0 aromatic carbocycles. The van der Waals surface area contributed by atoms with Crippen LogP contribution < -0.4 is 5.32 Å². The van der Waals surface area contributed by atoms with E-state index in [0.29, 0.717) is 38.8 Å². The second-order valence-corrected chi connectivity index (χ2v) is 7.80. The molecule has 1 aliphatic rings. The minimum absolute atomic E-state index is 0.183. The molecule has 2 aromatic rings. The highest BCUT2D eigenvalue weighted by Crippen LogP contribution is 2.31. The lowest BCUT2D eigenvalue weighted by Crippen LogP contribution is -2.41. The maximum atomic E-state index is 12.3. The number of aromatic nitrogens is 1. The van der Waals surface area contributed by atoms with Crippen molar-refractivity contribution in [1.29, 1.82) is 0 Å². The SMILES string of the molecule is CC(C)Nc1nc(-c2ccc(CC(=O)N3CCOCC3)s2)cs1. The van der Waals surface area contributed by atoms with Gasteiger partial charge in [0.1, 0.15) is 0 Å². The number of nitrogens with one attached hydrogen (secondary N) is 1. The monoisotopic (exact) mass is 351 g/mol. The van der Waals surface area contributed by atoms with Crippen molar-refractivity contribution >= 4 is 33.7 Å². The topological polar surface area (TPSA) is 54.5 Å². The molecule has 2 aromatic heterocycles. The van der Waals surface area contributed by atoms with Crippen LogP contribution in [-0.4, -0.2) is 48.1 Å². The smallest absolute Gasteiger partial charge is 0.227 e. The number of morpholine rings is 1. The quantitative estimate of drug-likeness (QED) is 0.899. The average Bonchev–Trinajstić information content (AvgIpc) is 3.17. The Morgan fingerprint density at radius 1 is 1.39 bits per heavy atom. The molecule has 124 valence electrons. The Balaban J connectivity index is 1.63. The molecule has 5 nitrogen and oxygen atoms in total. The summed E-state index contributed by atoms with van der Waals surface area (Å²) in [5.74, 6) is 0.183. The van der Waals surface area contributed by atoms with Gasteiger partial charge in [-0.15, -0.1) is 22.7 Å². The number of carbonyl (C=O) groups excluding carboxylic acids is 1. The van der Waals surface area contributed by atoms with Gasteiger partial charge in [0, 0.05) is 29.4 Å². The van der Waals surface area contributed by atoms with Crippen LogP contribution >= 0.6 is 22.7 Å². The number of rotatable bonds is 5. The van der Waals surface area contributed by atoms with E-state index in [1.807, 2.05) is 11.0 Å². The van der Waals surface area contributed by atoms with Crippen LogP contribution in [0.2, 0.25) is 0 Å². The molecule has 0 atom stereocenters. The van der Waals surface area contributed by atoms with Crippen molar-refractivity contribution in [2.45, 2.75) is 26.3 Å². The van der Waals surface area contributed by atoms with Gasteiger partial charge in [0.2, 0.25) is 5.91 Å². The Bertz CT molecular complexity index is 660. The summed E-state index contributed by atoms with van der Waals surface area (Å²) in [6.45, 7) is 6.89. The van der Waals surface area contributed by atoms with Gasteiger partial charge in [-0.25, -0.2) is 4.98 Å². The minimum atomic E-state index is 0.183. The molecule has 0 saturated carbocycles. The maximum Gasteiger partial charge on any atom is 0.227 e. The number of hydrogen-bond acceptors (Lipinski definition) is 6. The van der Waals surface area contributed by atoms with Gasteiger partial charge >= 0.3 is 0 Å². The molecule has 23 heavy (non-hydrogen) atoms. The molecule has 0 radical (unpaired) electrons. The molecule has 0 spiro atoms. The summed E-state index contributed by atoms with van der Waals surface area (Å²) < 4.78 is 5.29. The fraction of sp³-hybridized carbons (Fsp3) is 0.500. The molecule has 1 saturated heterocycles. The van der Waals surface area contributed by atoms with E-state index in [9.17, 15) is 4.79 Å². The summed E-state index contributed by atoms with van der Waals surface area (Å²) in [5, 5.41) is 6.32. The number of hydrogen-bond donors (Lipinski definition) is 1. The van der Waals surface area contributed by atoms with E-state index in [-0.39, 0.29) is 5.91 Å². The van der Waals surface area contributed by atoms with Crippen molar-refractivity contribution in [2.24, 2.45) is 0 Å². The molecule has 1 aliphatic heterocycles. The van der Waals surface area contributed by atoms with E-state index in [2.05, 4.69) is 35.6 Å². The Labute approximate surface area is 144 Å². The fourth-order valence-corrected chi connectivity index (χ4v) is 4.28. The standard InChI is InChI=1S/C16H21N3O2S2/c1-11(2)17-16-18-13(10-22-16)14-4-3-12(23-14)9-15(20)19-5-7-21-8-6-19/h3-4,10-11H,5-9H2,1-2H3,(H,17,18). The number of nitrogens with zero attached hydrogens (tertiary/aromatic N) is 2. The van der Waals surface area contributed by atoms with Gasteiger partial charge < -0.3 is 15.0 Å². The first-order valence-electron chi connectivity index (χ1n) is 7.78. The summed E-state index contributed by atoms with van der Waals surface area (Å²) in [6, 6.07) is 4.47. The molecule has 0 unspecified atom stereocenters. The summed E-state index contributed by atoms with van der Waals surface area (Å²) in [7, 11) is 0. The summed E-state index contributed by atoms with van der Waals surface area (Å²) >= 11 is 3.26. The van der Waals surface area contributed by atoms with Crippen molar-refractivity contribution in [2.75, 3.05) is 31.6 Å². The number of ether oxygens (including phenoxy) is 1. The van der Waals surface area contributed by atoms with Crippen molar-refractivity contribution in [3.05, 3.63) is 22.4 Å². The van der Waals surface area contributed by atoms with E-state index in [0.717, 1.165) is 20.6 Å². The van der Waals surface area contributed by atoms with Crippen molar-refractivity contribution in [1.82, 2.24) is 9.88 Å². The van der Waals surface area contributed by atoms with Gasteiger partial charge in [-0.3, -0.25) is 4.79 Å². The van der Waals surface area contributed by atoms with Gasteiger partial charge in [-0.05, 0) is 26.0 Å². The first kappa shape index (κ1) is 16.4. The molecule has 3 rings (SSSR count). The first-order valence-corrected chi connectivity index (χ1v) is 9.48. The van der Waals surface area contributed by atoms with Crippen LogP contribution in [0, 0.1) is 0 Å². The van der Waals surface area contributed by atoms with Gasteiger partial charge in [0.25, 0.3) is 0 Å². The van der Waals surface area contributed by atoms with E-state index in [1.165, 1.54) is 0 Å². The minimum Gasteiger partial charge on any atom is -0.378 e.